The number of benzene rings is 1. The molecule has 4 heterocycles. The first-order valence-electron chi connectivity index (χ1n) is 11.0. The summed E-state index contributed by atoms with van der Waals surface area (Å²) in [5.41, 5.74) is 3.84. The van der Waals surface area contributed by atoms with Crippen LogP contribution in [0.5, 0.6) is 0 Å². The lowest BCUT2D eigenvalue weighted by atomic mass is 10.1. The van der Waals surface area contributed by atoms with Gasteiger partial charge in [-0.05, 0) is 64.4 Å². The van der Waals surface area contributed by atoms with Crippen molar-refractivity contribution in [1.29, 1.82) is 0 Å². The second kappa shape index (κ2) is 7.98. The van der Waals surface area contributed by atoms with Crippen molar-refractivity contribution >= 4 is 33.6 Å². The van der Waals surface area contributed by atoms with Crippen molar-refractivity contribution < 1.29 is 13.6 Å². The van der Waals surface area contributed by atoms with Crippen LogP contribution < -0.4 is 10.9 Å². The van der Waals surface area contributed by atoms with Gasteiger partial charge in [0, 0.05) is 34.8 Å². The molecular weight excluding hydrogens is 432 g/mol. The number of hydrogen-bond acceptors (Lipinski definition) is 6. The van der Waals surface area contributed by atoms with Crippen LogP contribution in [0.15, 0.2) is 56.2 Å². The van der Waals surface area contributed by atoms with E-state index in [9.17, 15) is 9.59 Å². The van der Waals surface area contributed by atoms with Gasteiger partial charge in [-0.2, -0.15) is 5.10 Å². The molecule has 0 bridgehead atoms. The van der Waals surface area contributed by atoms with Crippen molar-refractivity contribution in [2.75, 3.05) is 5.32 Å². The maximum Gasteiger partial charge on any atom is 0.336 e. The number of anilines is 1. The molecule has 1 aromatic carbocycles. The van der Waals surface area contributed by atoms with Crippen molar-refractivity contribution in [3.05, 3.63) is 75.7 Å². The molecule has 34 heavy (non-hydrogen) atoms. The Morgan fingerprint density at radius 1 is 1.03 bits per heavy atom. The van der Waals surface area contributed by atoms with E-state index in [4.69, 9.17) is 13.8 Å². The molecule has 0 saturated heterocycles. The average molecular weight is 457 g/mol. The van der Waals surface area contributed by atoms with Crippen molar-refractivity contribution in [2.24, 2.45) is 0 Å². The van der Waals surface area contributed by atoms with Crippen LogP contribution in [0, 0.1) is 20.8 Å². The number of nitrogens with one attached hydrogen (secondary N) is 1. The summed E-state index contributed by atoms with van der Waals surface area (Å²) < 4.78 is 12.8. The molecule has 0 aliphatic carbocycles. The minimum absolute atomic E-state index is 0.0648. The van der Waals surface area contributed by atoms with Gasteiger partial charge in [-0.25, -0.2) is 14.5 Å². The fourth-order valence-electron chi connectivity index (χ4n) is 4.21. The number of aromatic nitrogens is 3. The summed E-state index contributed by atoms with van der Waals surface area (Å²) >= 11 is 0. The van der Waals surface area contributed by atoms with E-state index in [2.05, 4.69) is 10.4 Å². The van der Waals surface area contributed by atoms with Crippen LogP contribution in [0.4, 0.5) is 5.69 Å². The highest BCUT2D eigenvalue weighted by atomic mass is 16.4. The summed E-state index contributed by atoms with van der Waals surface area (Å²) in [6.07, 6.45) is 1.66. The zero-order valence-electron chi connectivity index (χ0n) is 19.6. The maximum atomic E-state index is 13.5. The van der Waals surface area contributed by atoms with E-state index in [0.29, 0.717) is 33.6 Å². The Balaban J connectivity index is 1.62. The Kier molecular flexibility index (Phi) is 5.08. The Labute approximate surface area is 195 Å². The summed E-state index contributed by atoms with van der Waals surface area (Å²) in [6.45, 7) is 9.62. The fourth-order valence-corrected chi connectivity index (χ4v) is 4.21. The number of nitrogens with zero attached hydrogens (tertiary/aromatic N) is 3. The molecule has 0 unspecified atom stereocenters. The molecule has 0 aliphatic heterocycles. The van der Waals surface area contributed by atoms with Gasteiger partial charge in [-0.3, -0.25) is 4.79 Å². The number of carbonyl (C=O) groups is 1. The topological polar surface area (TPSA) is 103 Å². The lowest BCUT2D eigenvalue weighted by molar-refractivity contribution is 0.102. The summed E-state index contributed by atoms with van der Waals surface area (Å²) in [7, 11) is 0. The van der Waals surface area contributed by atoms with Crippen molar-refractivity contribution in [2.45, 2.75) is 40.7 Å². The number of carbonyl (C=O) groups excluding carboxylic acids is 1. The molecule has 8 heteroatoms. The van der Waals surface area contributed by atoms with Crippen LogP contribution in [0.2, 0.25) is 0 Å². The molecule has 0 aliphatic rings. The Bertz CT molecular complexity index is 1640. The van der Waals surface area contributed by atoms with Gasteiger partial charge in [0.25, 0.3) is 5.91 Å². The second-order valence-corrected chi connectivity index (χ2v) is 8.72. The van der Waals surface area contributed by atoms with E-state index < -0.39 is 5.63 Å². The smallest absolute Gasteiger partial charge is 0.336 e. The van der Waals surface area contributed by atoms with Gasteiger partial charge in [-0.15, -0.1) is 0 Å². The van der Waals surface area contributed by atoms with Gasteiger partial charge in [-0.1, -0.05) is 0 Å². The van der Waals surface area contributed by atoms with E-state index in [1.807, 2.05) is 46.8 Å². The SMILES string of the molecule is Cc1cc(-c2cc(C(=O)Nc3ccc4c(C)cc(=O)oc4c3)c3cnn(C(C)C)c3n2)c(C)o1. The number of fused-ring (bicyclic) bond motifs is 2. The molecule has 172 valence electrons. The molecule has 0 atom stereocenters. The van der Waals surface area contributed by atoms with Crippen LogP contribution in [-0.4, -0.2) is 20.7 Å². The Hall–Kier alpha value is -4.20. The molecule has 1 N–H and O–H groups in total. The number of rotatable bonds is 4. The number of amides is 1. The standard InChI is InChI=1S/C26H24N4O4/c1-13(2)30-25-21(12-27-30)20(11-22(29-25)19-9-15(4)33-16(19)5)26(32)28-17-6-7-18-14(3)8-24(31)34-23(18)10-17/h6-13H,1-5H3,(H,28,32). The molecule has 0 radical (unpaired) electrons. The van der Waals surface area contributed by atoms with Gasteiger partial charge in [0.1, 0.15) is 17.1 Å². The van der Waals surface area contributed by atoms with Gasteiger partial charge < -0.3 is 14.2 Å². The molecule has 0 fully saturated rings. The van der Waals surface area contributed by atoms with Crippen LogP contribution in [-0.2, 0) is 0 Å². The van der Waals surface area contributed by atoms with E-state index in [1.165, 1.54) is 6.07 Å². The summed E-state index contributed by atoms with van der Waals surface area (Å²) in [5, 5.41) is 8.86. The largest absolute Gasteiger partial charge is 0.466 e. The third kappa shape index (κ3) is 3.67. The fraction of sp³-hybridized carbons (Fsp3) is 0.231. The van der Waals surface area contributed by atoms with Crippen LogP contribution in [0.1, 0.15) is 47.3 Å². The van der Waals surface area contributed by atoms with Crippen molar-refractivity contribution in [1.82, 2.24) is 14.8 Å². The number of furan rings is 1. The average Bonchev–Trinajstić information content (AvgIpc) is 3.35. The predicted molar refractivity (Wildman–Crippen MR) is 130 cm³/mol. The number of hydrogen-bond donors (Lipinski definition) is 1. The molecule has 0 saturated carbocycles. The third-order valence-corrected chi connectivity index (χ3v) is 5.83. The first-order valence-corrected chi connectivity index (χ1v) is 11.0. The van der Waals surface area contributed by atoms with E-state index in [1.54, 1.807) is 29.1 Å². The zero-order chi connectivity index (χ0) is 24.1. The third-order valence-electron chi connectivity index (χ3n) is 5.83. The minimum Gasteiger partial charge on any atom is -0.466 e. The summed E-state index contributed by atoms with van der Waals surface area (Å²) in [6, 6.07) is 10.4. The van der Waals surface area contributed by atoms with Crippen LogP contribution in [0.25, 0.3) is 33.3 Å². The molecule has 5 rings (SSSR count). The highest BCUT2D eigenvalue weighted by molar-refractivity contribution is 6.13. The molecule has 4 aromatic heterocycles. The van der Waals surface area contributed by atoms with E-state index >= 15 is 0 Å². The van der Waals surface area contributed by atoms with Crippen molar-refractivity contribution in [3.63, 3.8) is 0 Å². The predicted octanol–water partition coefficient (Wildman–Crippen LogP) is 5.56. The number of pyridine rings is 1. The van der Waals surface area contributed by atoms with Crippen molar-refractivity contribution in [3.8, 4) is 11.3 Å². The highest BCUT2D eigenvalue weighted by Crippen LogP contribution is 2.30. The monoisotopic (exact) mass is 456 g/mol. The highest BCUT2D eigenvalue weighted by Gasteiger charge is 2.20. The van der Waals surface area contributed by atoms with Gasteiger partial charge >= 0.3 is 5.63 Å². The molecule has 8 nitrogen and oxygen atoms in total. The Morgan fingerprint density at radius 2 is 1.82 bits per heavy atom. The Morgan fingerprint density at radius 3 is 2.53 bits per heavy atom. The van der Waals surface area contributed by atoms with Gasteiger partial charge in [0.15, 0.2) is 5.65 Å². The summed E-state index contributed by atoms with van der Waals surface area (Å²) in [4.78, 5) is 30.1. The second-order valence-electron chi connectivity index (χ2n) is 8.72. The first kappa shape index (κ1) is 21.6. The number of aryl methyl sites for hydroxylation is 3. The molecule has 1 amide bonds. The normalized spacial score (nSPS) is 11.6. The summed E-state index contributed by atoms with van der Waals surface area (Å²) in [5.74, 6) is 1.18. The van der Waals surface area contributed by atoms with E-state index in [0.717, 1.165) is 28.0 Å². The van der Waals surface area contributed by atoms with Gasteiger partial charge in [0.2, 0.25) is 0 Å². The van der Waals surface area contributed by atoms with Crippen LogP contribution >= 0.6 is 0 Å². The minimum atomic E-state index is -0.430. The molecule has 5 aromatic rings. The lowest BCUT2D eigenvalue weighted by Crippen LogP contribution is -2.13. The quantitative estimate of drug-likeness (QED) is 0.355. The first-order chi connectivity index (χ1) is 16.2. The molecular formula is C26H24N4O4. The molecule has 0 spiro atoms. The van der Waals surface area contributed by atoms with E-state index in [-0.39, 0.29) is 11.9 Å². The van der Waals surface area contributed by atoms with Crippen LogP contribution in [0.3, 0.4) is 0 Å². The maximum absolute atomic E-state index is 13.5. The lowest BCUT2D eigenvalue weighted by Gasteiger charge is -2.11. The van der Waals surface area contributed by atoms with Gasteiger partial charge in [0.05, 0.1) is 22.8 Å². The zero-order valence-corrected chi connectivity index (χ0v) is 19.6.